The Kier molecular flexibility index (Phi) is 6.40. The number of ether oxygens (including phenoxy) is 4. The van der Waals surface area contributed by atoms with Crippen LogP contribution >= 0.6 is 0 Å². The highest BCUT2D eigenvalue weighted by Gasteiger charge is 2.32. The number of amides is 1. The van der Waals surface area contributed by atoms with E-state index in [0.717, 1.165) is 16.9 Å². The van der Waals surface area contributed by atoms with E-state index in [9.17, 15) is 4.79 Å². The first-order valence-corrected chi connectivity index (χ1v) is 11.3. The summed E-state index contributed by atoms with van der Waals surface area (Å²) in [7, 11) is 4.77. The number of nitrogens with one attached hydrogen (secondary N) is 1. The average molecular weight is 488 g/mol. The molecule has 0 saturated heterocycles. The number of pyridine rings is 1. The Morgan fingerprint density at radius 2 is 1.89 bits per heavy atom. The van der Waals surface area contributed by atoms with E-state index in [-0.39, 0.29) is 18.4 Å². The van der Waals surface area contributed by atoms with Gasteiger partial charge in [0, 0.05) is 11.8 Å². The standard InChI is InChI=1S/C26H25N5O5/c1-33-17-8-6-16(7-9-17)14-36-26-19(5-4-12-27-26)25(32)30-21-13-31-15-28-22-18(24(31)29-21)10-11-20(34-2)23(22)35-3/h4-12,15,21H,13-14H2,1-3H3,(H,30,32). The van der Waals surface area contributed by atoms with Crippen LogP contribution in [0.25, 0.3) is 0 Å². The smallest absolute Gasteiger partial charge is 0.258 e. The number of benzene rings is 2. The highest BCUT2D eigenvalue weighted by Crippen LogP contribution is 2.42. The topological polar surface area (TPSA) is 107 Å². The molecule has 0 radical (unpaired) electrons. The van der Waals surface area contributed by atoms with Crippen LogP contribution in [-0.2, 0) is 6.61 Å². The van der Waals surface area contributed by atoms with Gasteiger partial charge >= 0.3 is 0 Å². The number of aromatic nitrogens is 1. The van der Waals surface area contributed by atoms with Crippen molar-refractivity contribution in [2.75, 3.05) is 27.9 Å². The summed E-state index contributed by atoms with van der Waals surface area (Å²) in [6.07, 6.45) is 2.79. The van der Waals surface area contributed by atoms with Crippen LogP contribution in [0, 0.1) is 0 Å². The highest BCUT2D eigenvalue weighted by atomic mass is 16.5. The van der Waals surface area contributed by atoms with E-state index in [1.54, 1.807) is 46.0 Å². The lowest BCUT2D eigenvalue weighted by Gasteiger charge is -2.23. The van der Waals surface area contributed by atoms with Crippen molar-refractivity contribution >= 4 is 23.8 Å². The van der Waals surface area contributed by atoms with Crippen LogP contribution in [0.5, 0.6) is 23.1 Å². The van der Waals surface area contributed by atoms with Gasteiger partial charge in [-0.05, 0) is 42.0 Å². The van der Waals surface area contributed by atoms with Crippen LogP contribution in [0.15, 0.2) is 64.7 Å². The molecular weight excluding hydrogens is 462 g/mol. The quantitative estimate of drug-likeness (QED) is 0.520. The molecule has 1 amide bonds. The van der Waals surface area contributed by atoms with Crippen molar-refractivity contribution < 1.29 is 23.7 Å². The van der Waals surface area contributed by atoms with Gasteiger partial charge in [-0.2, -0.15) is 0 Å². The fraction of sp³-hybridized carbons (Fsp3) is 0.231. The second kappa shape index (κ2) is 9.95. The van der Waals surface area contributed by atoms with E-state index in [0.29, 0.717) is 35.1 Å². The molecule has 1 aromatic heterocycles. The number of methoxy groups -OCH3 is 3. The second-order valence-electron chi connectivity index (χ2n) is 8.03. The average Bonchev–Trinajstić information content (AvgIpc) is 3.34. The maximum atomic E-state index is 13.1. The number of aliphatic imine (C=N–C) groups is 2. The van der Waals surface area contributed by atoms with E-state index in [1.807, 2.05) is 41.3 Å². The van der Waals surface area contributed by atoms with Gasteiger partial charge in [0.25, 0.3) is 5.91 Å². The van der Waals surface area contributed by atoms with E-state index in [1.165, 1.54) is 0 Å². The fourth-order valence-electron chi connectivity index (χ4n) is 4.07. The zero-order valence-electron chi connectivity index (χ0n) is 20.1. The molecule has 184 valence electrons. The van der Waals surface area contributed by atoms with E-state index in [2.05, 4.69) is 15.3 Å². The SMILES string of the molecule is COc1ccc(COc2ncccc2C(=O)NC2CN3C=Nc4c(ccc(OC)c4OC)C3=N2)cc1. The first-order valence-electron chi connectivity index (χ1n) is 11.3. The molecule has 36 heavy (non-hydrogen) atoms. The maximum Gasteiger partial charge on any atom is 0.258 e. The third-order valence-electron chi connectivity index (χ3n) is 5.85. The highest BCUT2D eigenvalue weighted by molar-refractivity contribution is 6.13. The van der Waals surface area contributed by atoms with Crippen LogP contribution in [0.3, 0.4) is 0 Å². The number of hydrogen-bond donors (Lipinski definition) is 1. The zero-order valence-corrected chi connectivity index (χ0v) is 20.1. The Balaban J connectivity index is 1.31. The molecule has 10 heteroatoms. The van der Waals surface area contributed by atoms with Crippen molar-refractivity contribution in [1.82, 2.24) is 15.2 Å². The summed E-state index contributed by atoms with van der Waals surface area (Å²) < 4.78 is 21.9. The molecule has 0 saturated carbocycles. The van der Waals surface area contributed by atoms with E-state index < -0.39 is 6.17 Å². The van der Waals surface area contributed by atoms with Crippen molar-refractivity contribution in [2.45, 2.75) is 12.8 Å². The zero-order chi connectivity index (χ0) is 25.1. The minimum atomic E-state index is -0.479. The number of nitrogens with zero attached hydrogens (tertiary/aromatic N) is 4. The molecule has 3 aromatic rings. The van der Waals surface area contributed by atoms with Gasteiger partial charge in [0.1, 0.15) is 35.6 Å². The number of amidine groups is 1. The summed E-state index contributed by atoms with van der Waals surface area (Å²) in [4.78, 5) is 28.6. The van der Waals surface area contributed by atoms with Gasteiger partial charge in [-0.25, -0.2) is 15.0 Å². The Bertz CT molecular complexity index is 1340. The molecule has 3 heterocycles. The summed E-state index contributed by atoms with van der Waals surface area (Å²) in [5.41, 5.74) is 2.70. The summed E-state index contributed by atoms with van der Waals surface area (Å²) in [6, 6.07) is 14.6. The van der Waals surface area contributed by atoms with Crippen molar-refractivity contribution in [1.29, 1.82) is 0 Å². The first kappa shape index (κ1) is 23.2. The van der Waals surface area contributed by atoms with Gasteiger partial charge in [0.15, 0.2) is 11.5 Å². The van der Waals surface area contributed by atoms with Crippen LogP contribution in [-0.4, -0.2) is 62.0 Å². The number of carbonyl (C=O) groups excluding carboxylic acids is 1. The van der Waals surface area contributed by atoms with Crippen LogP contribution in [0.1, 0.15) is 21.5 Å². The van der Waals surface area contributed by atoms with Crippen molar-refractivity contribution in [2.24, 2.45) is 9.98 Å². The van der Waals surface area contributed by atoms with Crippen LogP contribution in [0.4, 0.5) is 5.69 Å². The third kappa shape index (κ3) is 4.40. The Morgan fingerprint density at radius 3 is 2.64 bits per heavy atom. The molecular formula is C26H25N5O5. The molecule has 1 unspecified atom stereocenters. The molecule has 0 spiro atoms. The van der Waals surface area contributed by atoms with Crippen molar-refractivity contribution in [3.8, 4) is 23.1 Å². The summed E-state index contributed by atoms with van der Waals surface area (Å²) >= 11 is 0. The molecule has 0 fully saturated rings. The van der Waals surface area contributed by atoms with Crippen molar-refractivity contribution in [3.05, 3.63) is 71.4 Å². The van der Waals surface area contributed by atoms with Gasteiger partial charge in [0.05, 0.1) is 34.2 Å². The fourth-order valence-corrected chi connectivity index (χ4v) is 4.07. The normalized spacial score (nSPS) is 15.5. The number of hydrogen-bond acceptors (Lipinski definition) is 9. The van der Waals surface area contributed by atoms with Crippen molar-refractivity contribution in [3.63, 3.8) is 0 Å². The monoisotopic (exact) mass is 487 g/mol. The number of fused-ring (bicyclic) bond motifs is 3. The first-order chi connectivity index (χ1) is 17.6. The Hall–Kier alpha value is -4.60. The lowest BCUT2D eigenvalue weighted by atomic mass is 10.1. The number of rotatable bonds is 8. The third-order valence-corrected chi connectivity index (χ3v) is 5.85. The largest absolute Gasteiger partial charge is 0.497 e. The molecule has 2 aromatic carbocycles. The van der Waals surface area contributed by atoms with Gasteiger partial charge in [-0.3, -0.25) is 4.79 Å². The summed E-state index contributed by atoms with van der Waals surface area (Å²) in [6.45, 7) is 0.708. The molecule has 0 bridgehead atoms. The molecule has 5 rings (SSSR count). The lowest BCUT2D eigenvalue weighted by Crippen LogP contribution is -2.38. The van der Waals surface area contributed by atoms with Gasteiger partial charge in [-0.1, -0.05) is 12.1 Å². The van der Waals surface area contributed by atoms with Crippen LogP contribution in [0.2, 0.25) is 0 Å². The minimum Gasteiger partial charge on any atom is -0.497 e. The minimum absolute atomic E-state index is 0.248. The lowest BCUT2D eigenvalue weighted by molar-refractivity contribution is 0.0933. The van der Waals surface area contributed by atoms with E-state index >= 15 is 0 Å². The van der Waals surface area contributed by atoms with Gasteiger partial charge < -0.3 is 29.2 Å². The molecule has 10 nitrogen and oxygen atoms in total. The van der Waals surface area contributed by atoms with Gasteiger partial charge in [-0.15, -0.1) is 0 Å². The molecule has 1 N–H and O–H groups in total. The van der Waals surface area contributed by atoms with Crippen LogP contribution < -0.4 is 24.3 Å². The number of carbonyl (C=O) groups is 1. The Labute approximate surface area is 208 Å². The predicted octanol–water partition coefficient (Wildman–Crippen LogP) is 3.18. The second-order valence-corrected chi connectivity index (χ2v) is 8.03. The summed E-state index contributed by atoms with van der Waals surface area (Å²) in [5.74, 6) is 2.51. The molecule has 0 aliphatic carbocycles. The van der Waals surface area contributed by atoms with E-state index in [4.69, 9.17) is 23.9 Å². The summed E-state index contributed by atoms with van der Waals surface area (Å²) in [5, 5.41) is 2.96. The predicted molar refractivity (Wildman–Crippen MR) is 134 cm³/mol. The van der Waals surface area contributed by atoms with Gasteiger partial charge in [0.2, 0.25) is 5.88 Å². The molecule has 2 aliphatic rings. The Morgan fingerprint density at radius 1 is 1.06 bits per heavy atom. The maximum absolute atomic E-state index is 13.1. The molecule has 1 atom stereocenters. The molecule has 2 aliphatic heterocycles.